The van der Waals surface area contributed by atoms with Crippen molar-refractivity contribution in [2.75, 3.05) is 0 Å². The Balaban J connectivity index is 1.58. The molecule has 1 aliphatic carbocycles. The molecule has 1 heterocycles. The molecular formula is C25H19N. The van der Waals surface area contributed by atoms with Gasteiger partial charge in [0.25, 0.3) is 0 Å². The van der Waals surface area contributed by atoms with Crippen molar-refractivity contribution < 1.29 is 0 Å². The first-order valence-electron chi connectivity index (χ1n) is 9.04. The van der Waals surface area contributed by atoms with Crippen LogP contribution in [0, 0.1) is 6.92 Å². The zero-order chi connectivity index (χ0) is 17.5. The molecule has 1 aromatic heterocycles. The van der Waals surface area contributed by atoms with Gasteiger partial charge in [0.2, 0.25) is 0 Å². The fraction of sp³-hybridized carbons (Fsp3) is 0.0800. The second-order valence-corrected chi connectivity index (χ2v) is 6.87. The number of hydrogen-bond acceptors (Lipinski definition) is 1. The maximum absolute atomic E-state index is 4.48. The summed E-state index contributed by atoms with van der Waals surface area (Å²) in [5.41, 5.74) is 11.8. The van der Waals surface area contributed by atoms with Gasteiger partial charge < -0.3 is 0 Å². The predicted molar refractivity (Wildman–Crippen MR) is 108 cm³/mol. The fourth-order valence-electron chi connectivity index (χ4n) is 4.02. The molecule has 0 N–H and O–H groups in total. The van der Waals surface area contributed by atoms with Gasteiger partial charge in [0.15, 0.2) is 0 Å². The van der Waals surface area contributed by atoms with E-state index >= 15 is 0 Å². The number of hydrogen-bond donors (Lipinski definition) is 0. The SMILES string of the molecule is Cc1nccc2c1Cc1c(-c3ccc(-c4ccccc4)cc3)cccc1-2. The van der Waals surface area contributed by atoms with Crippen LogP contribution in [0.5, 0.6) is 0 Å². The summed E-state index contributed by atoms with van der Waals surface area (Å²) >= 11 is 0. The van der Waals surface area contributed by atoms with Crippen LogP contribution in [-0.2, 0) is 6.42 Å². The summed E-state index contributed by atoms with van der Waals surface area (Å²) in [5.74, 6) is 0. The van der Waals surface area contributed by atoms with E-state index in [2.05, 4.69) is 90.8 Å². The van der Waals surface area contributed by atoms with Gasteiger partial charge >= 0.3 is 0 Å². The Morgan fingerprint density at radius 2 is 1.23 bits per heavy atom. The van der Waals surface area contributed by atoms with Crippen molar-refractivity contribution in [1.82, 2.24) is 4.98 Å². The molecule has 0 spiro atoms. The Hall–Kier alpha value is -3.19. The number of nitrogens with zero attached hydrogens (tertiary/aromatic N) is 1. The highest BCUT2D eigenvalue weighted by atomic mass is 14.7. The van der Waals surface area contributed by atoms with Crippen LogP contribution < -0.4 is 0 Å². The first-order chi connectivity index (χ1) is 12.8. The van der Waals surface area contributed by atoms with Gasteiger partial charge in [-0.3, -0.25) is 4.98 Å². The number of aryl methyl sites for hydroxylation is 1. The normalized spacial score (nSPS) is 11.9. The molecular weight excluding hydrogens is 314 g/mol. The molecule has 3 aromatic carbocycles. The highest BCUT2D eigenvalue weighted by Gasteiger charge is 2.23. The van der Waals surface area contributed by atoms with Crippen LogP contribution in [0.4, 0.5) is 0 Å². The van der Waals surface area contributed by atoms with Crippen molar-refractivity contribution in [1.29, 1.82) is 0 Å². The Kier molecular flexibility index (Phi) is 3.46. The van der Waals surface area contributed by atoms with Crippen LogP contribution in [0.3, 0.4) is 0 Å². The van der Waals surface area contributed by atoms with Crippen molar-refractivity contribution in [2.24, 2.45) is 0 Å². The minimum atomic E-state index is 0.973. The third kappa shape index (κ3) is 2.36. The Morgan fingerprint density at radius 3 is 2.04 bits per heavy atom. The highest BCUT2D eigenvalue weighted by molar-refractivity contribution is 5.85. The van der Waals surface area contributed by atoms with Gasteiger partial charge in [0, 0.05) is 18.3 Å². The number of rotatable bonds is 2. The van der Waals surface area contributed by atoms with E-state index in [9.17, 15) is 0 Å². The molecule has 26 heavy (non-hydrogen) atoms. The maximum Gasteiger partial charge on any atom is 0.0414 e. The molecule has 1 aliphatic rings. The van der Waals surface area contributed by atoms with Crippen LogP contribution in [0.2, 0.25) is 0 Å². The van der Waals surface area contributed by atoms with E-state index in [-0.39, 0.29) is 0 Å². The van der Waals surface area contributed by atoms with Crippen LogP contribution >= 0.6 is 0 Å². The van der Waals surface area contributed by atoms with Crippen LogP contribution in [0.1, 0.15) is 16.8 Å². The number of aromatic nitrogens is 1. The van der Waals surface area contributed by atoms with E-state index in [1.54, 1.807) is 0 Å². The Bertz CT molecular complexity index is 1090. The van der Waals surface area contributed by atoms with Crippen LogP contribution in [0.25, 0.3) is 33.4 Å². The zero-order valence-electron chi connectivity index (χ0n) is 14.7. The van der Waals surface area contributed by atoms with Crippen molar-refractivity contribution in [2.45, 2.75) is 13.3 Å². The van der Waals surface area contributed by atoms with Crippen molar-refractivity contribution in [3.05, 3.63) is 102 Å². The summed E-state index contributed by atoms with van der Waals surface area (Å²) in [6.07, 6.45) is 2.89. The molecule has 5 rings (SSSR count). The van der Waals surface area contributed by atoms with E-state index in [0.717, 1.165) is 12.1 Å². The lowest BCUT2D eigenvalue weighted by Gasteiger charge is -2.10. The second-order valence-electron chi connectivity index (χ2n) is 6.87. The van der Waals surface area contributed by atoms with Gasteiger partial charge in [-0.2, -0.15) is 0 Å². The second kappa shape index (κ2) is 5.96. The average molecular weight is 333 g/mol. The molecule has 0 saturated carbocycles. The molecule has 0 aliphatic heterocycles. The van der Waals surface area contributed by atoms with Crippen molar-refractivity contribution in [3.8, 4) is 33.4 Å². The third-order valence-electron chi connectivity index (χ3n) is 5.39. The maximum atomic E-state index is 4.48. The summed E-state index contributed by atoms with van der Waals surface area (Å²) in [6.45, 7) is 2.11. The summed E-state index contributed by atoms with van der Waals surface area (Å²) in [4.78, 5) is 4.48. The van der Waals surface area contributed by atoms with Crippen LogP contribution in [0.15, 0.2) is 85.1 Å². The average Bonchev–Trinajstić information content (AvgIpc) is 3.09. The first kappa shape index (κ1) is 15.1. The third-order valence-corrected chi connectivity index (χ3v) is 5.39. The molecule has 1 nitrogen and oxygen atoms in total. The molecule has 0 saturated heterocycles. The molecule has 0 unspecified atom stereocenters. The molecule has 0 radical (unpaired) electrons. The minimum Gasteiger partial charge on any atom is -0.261 e. The Morgan fingerprint density at radius 1 is 0.577 bits per heavy atom. The Labute approximate surface area is 154 Å². The van der Waals surface area contributed by atoms with Gasteiger partial charge in [-0.15, -0.1) is 0 Å². The van der Waals surface area contributed by atoms with E-state index in [4.69, 9.17) is 0 Å². The van der Waals surface area contributed by atoms with E-state index in [1.807, 2.05) is 6.20 Å². The highest BCUT2D eigenvalue weighted by Crippen LogP contribution is 2.42. The van der Waals surface area contributed by atoms with Gasteiger partial charge in [-0.05, 0) is 57.5 Å². The number of fused-ring (bicyclic) bond motifs is 3. The summed E-state index contributed by atoms with van der Waals surface area (Å²) < 4.78 is 0. The number of benzene rings is 3. The van der Waals surface area contributed by atoms with Crippen molar-refractivity contribution in [3.63, 3.8) is 0 Å². The summed E-state index contributed by atoms with van der Waals surface area (Å²) in [7, 11) is 0. The van der Waals surface area contributed by atoms with E-state index in [1.165, 1.54) is 44.5 Å². The molecule has 1 heteroatoms. The molecule has 0 fully saturated rings. The monoisotopic (exact) mass is 333 g/mol. The number of pyridine rings is 1. The smallest absolute Gasteiger partial charge is 0.0414 e. The van der Waals surface area contributed by atoms with Gasteiger partial charge in [0.05, 0.1) is 0 Å². The lowest BCUT2D eigenvalue weighted by molar-refractivity contribution is 1.11. The summed E-state index contributed by atoms with van der Waals surface area (Å²) in [6, 6.07) is 28.3. The van der Waals surface area contributed by atoms with Crippen LogP contribution in [-0.4, -0.2) is 4.98 Å². The summed E-state index contributed by atoms with van der Waals surface area (Å²) in [5, 5.41) is 0. The molecule has 124 valence electrons. The molecule has 0 bridgehead atoms. The van der Waals surface area contributed by atoms with Gasteiger partial charge in [-0.1, -0.05) is 72.8 Å². The topological polar surface area (TPSA) is 12.9 Å². The van der Waals surface area contributed by atoms with E-state index in [0.29, 0.717) is 0 Å². The first-order valence-corrected chi connectivity index (χ1v) is 9.04. The zero-order valence-corrected chi connectivity index (χ0v) is 14.7. The molecule has 0 atom stereocenters. The molecule has 4 aromatic rings. The fourth-order valence-corrected chi connectivity index (χ4v) is 4.02. The molecule has 0 amide bonds. The van der Waals surface area contributed by atoms with Gasteiger partial charge in [0.1, 0.15) is 0 Å². The standard InChI is InChI=1S/C25H19N/c1-17-24-16-25-21(8-5-9-22(25)23(24)14-15-26-17)20-12-10-19(11-13-20)18-6-3-2-4-7-18/h2-15H,16H2,1H3. The quantitative estimate of drug-likeness (QED) is 0.370. The lowest BCUT2D eigenvalue weighted by Crippen LogP contribution is -1.90. The predicted octanol–water partition coefficient (Wildman–Crippen LogP) is 6.30. The van der Waals surface area contributed by atoms with Gasteiger partial charge in [-0.25, -0.2) is 0 Å². The largest absolute Gasteiger partial charge is 0.261 e. The minimum absolute atomic E-state index is 0.973. The van der Waals surface area contributed by atoms with E-state index < -0.39 is 0 Å². The van der Waals surface area contributed by atoms with Crippen molar-refractivity contribution >= 4 is 0 Å². The lowest BCUT2D eigenvalue weighted by atomic mass is 9.94.